The van der Waals surface area contributed by atoms with Gasteiger partial charge in [-0.15, -0.1) is 0 Å². The molecule has 0 aliphatic carbocycles. The number of hydrogen-bond acceptors (Lipinski definition) is 4. The molecule has 1 aliphatic heterocycles. The summed E-state index contributed by atoms with van der Waals surface area (Å²) in [6, 6.07) is 10.6. The van der Waals surface area contributed by atoms with Crippen molar-refractivity contribution in [2.24, 2.45) is 0 Å². The molecule has 1 aliphatic rings. The van der Waals surface area contributed by atoms with Crippen LogP contribution in [0.3, 0.4) is 0 Å². The second-order valence-corrected chi connectivity index (χ2v) is 11.5. The molecule has 1 fully saturated rings. The monoisotopic (exact) mass is 436 g/mol. The molecule has 2 aromatic rings. The lowest BCUT2D eigenvalue weighted by Crippen LogP contribution is -2.27. The zero-order valence-corrected chi connectivity index (χ0v) is 17.1. The highest BCUT2D eigenvalue weighted by Crippen LogP contribution is 2.65. The first kappa shape index (κ1) is 21.3. The topological polar surface area (TPSA) is 52.6 Å². The van der Waals surface area contributed by atoms with E-state index in [1.54, 1.807) is 24.3 Å². The van der Waals surface area contributed by atoms with Gasteiger partial charge < -0.3 is 4.74 Å². The Hall–Kier alpha value is -1.45. The number of rotatable bonds is 7. The van der Waals surface area contributed by atoms with Crippen LogP contribution < -0.4 is 4.74 Å². The molecule has 28 heavy (non-hydrogen) atoms. The van der Waals surface area contributed by atoms with Gasteiger partial charge in [0.1, 0.15) is 5.75 Å². The van der Waals surface area contributed by atoms with Gasteiger partial charge in [-0.3, -0.25) is 0 Å². The molecule has 0 amide bonds. The lowest BCUT2D eigenvalue weighted by Gasteiger charge is -2.35. The molecular weight excluding hydrogens is 413 g/mol. The lowest BCUT2D eigenvalue weighted by molar-refractivity contribution is -0.0496. The van der Waals surface area contributed by atoms with Crippen LogP contribution in [0.5, 0.6) is 5.75 Å². The first-order valence-electron chi connectivity index (χ1n) is 9.16. The van der Waals surface area contributed by atoms with Gasteiger partial charge in [0.25, 0.3) is 0 Å². The van der Waals surface area contributed by atoms with Crippen molar-refractivity contribution in [3.63, 3.8) is 0 Å². The summed E-state index contributed by atoms with van der Waals surface area (Å²) in [6.07, 6.45) is 3.13. The Labute approximate surface area is 164 Å². The van der Waals surface area contributed by atoms with E-state index < -0.39 is 25.9 Å². The van der Waals surface area contributed by atoms with E-state index in [9.17, 15) is 21.6 Å². The molecule has 0 saturated carbocycles. The Balaban J connectivity index is 2.09. The zero-order valence-electron chi connectivity index (χ0n) is 15.5. The van der Waals surface area contributed by atoms with Crippen molar-refractivity contribution in [2.75, 3.05) is 18.1 Å². The highest BCUT2D eigenvalue weighted by molar-refractivity contribution is 8.33. The fourth-order valence-electron chi connectivity index (χ4n) is 3.33. The van der Waals surface area contributed by atoms with E-state index in [1.165, 1.54) is 0 Å². The average molecular weight is 437 g/mol. The summed E-state index contributed by atoms with van der Waals surface area (Å²) in [6.45, 7) is 2.59. The van der Waals surface area contributed by atoms with E-state index in [1.807, 2.05) is 12.1 Å². The average Bonchev–Trinajstić information content (AvgIpc) is 3.09. The van der Waals surface area contributed by atoms with Crippen molar-refractivity contribution in [1.29, 1.82) is 0 Å². The minimum absolute atomic E-state index is 0.294. The third kappa shape index (κ3) is 4.11. The predicted molar refractivity (Wildman–Crippen MR) is 105 cm³/mol. The maximum Gasteiger partial charge on any atom is 0.523 e. The molecule has 0 atom stereocenters. The van der Waals surface area contributed by atoms with Crippen LogP contribution in [0.2, 0.25) is 0 Å². The zero-order chi connectivity index (χ0) is 20.4. The van der Waals surface area contributed by atoms with Crippen LogP contribution in [0.15, 0.2) is 41.3 Å². The van der Waals surface area contributed by atoms with E-state index in [-0.39, 0.29) is 0 Å². The van der Waals surface area contributed by atoms with Gasteiger partial charge >= 0.3 is 15.6 Å². The molecule has 0 aromatic heterocycles. The number of unbranched alkanes of at least 4 members (excludes halogenated alkanes) is 1. The summed E-state index contributed by atoms with van der Waals surface area (Å²) >= 11 is 0. The first-order valence-corrected chi connectivity index (χ1v) is 12.5. The first-order chi connectivity index (χ1) is 13.2. The number of ether oxygens (including phenoxy) is 1. The molecule has 0 bridgehead atoms. The molecule has 3 rings (SSSR count). The minimum atomic E-state index is -5.68. The Morgan fingerprint density at radius 2 is 1.68 bits per heavy atom. The minimum Gasteiger partial charge on any atom is -0.493 e. The maximum absolute atomic E-state index is 13.0. The molecule has 4 nitrogen and oxygen atoms in total. The Bertz CT molecular complexity index is 936. The predicted octanol–water partition coefficient (Wildman–Crippen LogP) is 5.76. The van der Waals surface area contributed by atoms with Crippen LogP contribution in [0, 0.1) is 0 Å². The third-order valence-electron chi connectivity index (χ3n) is 4.70. The van der Waals surface area contributed by atoms with Gasteiger partial charge in [-0.05, 0) is 36.8 Å². The van der Waals surface area contributed by atoms with E-state index in [2.05, 4.69) is 6.92 Å². The molecule has 1 saturated heterocycles. The van der Waals surface area contributed by atoms with Gasteiger partial charge in [-0.2, -0.15) is 21.6 Å². The summed E-state index contributed by atoms with van der Waals surface area (Å²) in [5.41, 5.74) is -5.44. The van der Waals surface area contributed by atoms with Crippen molar-refractivity contribution in [1.82, 2.24) is 0 Å². The second-order valence-electron chi connectivity index (χ2n) is 6.70. The molecular formula is C19H23F3O4S2. The molecule has 9 heteroatoms. The highest BCUT2D eigenvalue weighted by Gasteiger charge is 2.52. The van der Waals surface area contributed by atoms with Crippen molar-refractivity contribution in [3.8, 4) is 5.75 Å². The number of halogens is 3. The number of benzene rings is 2. The van der Waals surface area contributed by atoms with Crippen LogP contribution in [-0.4, -0.2) is 32.0 Å². The summed E-state index contributed by atoms with van der Waals surface area (Å²) < 4.78 is 73.4. The normalized spacial score (nSPS) is 18.3. The number of hydrogen-bond donors (Lipinski definition) is 0. The highest BCUT2D eigenvalue weighted by atomic mass is 32.3. The Kier molecular flexibility index (Phi) is 6.17. The quantitative estimate of drug-likeness (QED) is 0.409. The van der Waals surface area contributed by atoms with Crippen molar-refractivity contribution < 1.29 is 30.0 Å². The van der Waals surface area contributed by atoms with Crippen LogP contribution in [0.25, 0.3) is 10.8 Å². The molecule has 1 heterocycles. The Morgan fingerprint density at radius 1 is 1.04 bits per heavy atom. The van der Waals surface area contributed by atoms with Crippen molar-refractivity contribution >= 4 is 31.2 Å². The lowest BCUT2D eigenvalue weighted by atomic mass is 10.1. The second kappa shape index (κ2) is 8.12. The largest absolute Gasteiger partial charge is 0.523 e. The number of alkyl halides is 3. The van der Waals surface area contributed by atoms with Gasteiger partial charge in [-0.25, -0.2) is 3.63 Å². The molecule has 0 radical (unpaired) electrons. The molecule has 0 unspecified atom stereocenters. The summed E-state index contributed by atoms with van der Waals surface area (Å²) in [7, 11) is -8.29. The van der Waals surface area contributed by atoms with Crippen molar-refractivity contribution in [3.05, 3.63) is 36.4 Å². The van der Waals surface area contributed by atoms with Crippen LogP contribution in [0.1, 0.15) is 32.6 Å². The number of fused-ring (bicyclic) bond motifs is 1. The summed E-state index contributed by atoms with van der Waals surface area (Å²) in [4.78, 5) is 0.538. The smallest absolute Gasteiger partial charge is 0.493 e. The van der Waals surface area contributed by atoms with Gasteiger partial charge in [0.15, 0.2) is 0 Å². The van der Waals surface area contributed by atoms with E-state index in [4.69, 9.17) is 8.37 Å². The van der Waals surface area contributed by atoms with Gasteiger partial charge in [0.2, 0.25) is 0 Å². The fraction of sp³-hybridized carbons (Fsp3) is 0.474. The molecule has 0 spiro atoms. The van der Waals surface area contributed by atoms with Crippen LogP contribution in [-0.2, 0) is 13.7 Å². The molecule has 156 valence electrons. The van der Waals surface area contributed by atoms with E-state index >= 15 is 0 Å². The fourth-order valence-corrected chi connectivity index (χ4v) is 8.73. The maximum atomic E-state index is 13.0. The summed E-state index contributed by atoms with van der Waals surface area (Å²) in [5.74, 6) is 1.23. The van der Waals surface area contributed by atoms with E-state index in [0.29, 0.717) is 47.0 Å². The van der Waals surface area contributed by atoms with Gasteiger partial charge in [-0.1, -0.05) is 47.9 Å². The van der Waals surface area contributed by atoms with Gasteiger partial charge in [0, 0.05) is 21.8 Å². The summed E-state index contributed by atoms with van der Waals surface area (Å²) in [5, 5.41) is 1.44. The van der Waals surface area contributed by atoms with Crippen molar-refractivity contribution in [2.45, 2.75) is 43.0 Å². The standard InChI is InChI=1S/C19H23F3O4S2/c1-2-3-12-25-17-10-11-18(16-9-5-4-8-15(16)17)27(13-6-7-14-27)26-28(23,24)19(20,21)22/h4-5,8-11H,2-3,6-7,12-14H2,1H3. The Morgan fingerprint density at radius 3 is 2.29 bits per heavy atom. The molecule has 2 aromatic carbocycles. The molecule has 0 N–H and O–H groups in total. The van der Waals surface area contributed by atoms with Gasteiger partial charge in [0.05, 0.1) is 6.61 Å². The third-order valence-corrected chi connectivity index (χ3v) is 10.1. The van der Waals surface area contributed by atoms with Crippen LogP contribution >= 0.6 is 10.3 Å². The SMILES string of the molecule is CCCCOc1ccc(S2(OS(=O)(=O)C(F)(F)F)CCCC2)c2ccccc12. The van der Waals surface area contributed by atoms with Crippen LogP contribution in [0.4, 0.5) is 13.2 Å². The van der Waals surface area contributed by atoms with E-state index in [0.717, 1.165) is 18.2 Å².